The highest BCUT2D eigenvalue weighted by Gasteiger charge is 2.57. The van der Waals surface area contributed by atoms with Gasteiger partial charge in [-0.2, -0.15) is 0 Å². The molecule has 448 valence electrons. The van der Waals surface area contributed by atoms with Gasteiger partial charge in [0.25, 0.3) is 0 Å². The van der Waals surface area contributed by atoms with Crippen molar-refractivity contribution in [3.63, 3.8) is 0 Å². The molecule has 5 aliphatic rings. The van der Waals surface area contributed by atoms with Crippen LogP contribution < -0.4 is 16.0 Å². The minimum atomic E-state index is -2.24. The molecule has 19 N–H and O–H groups in total. The average Bonchev–Trinajstić information content (AvgIpc) is 3.39. The number of carbonyl (C=O) groups is 3. The average molecular weight is 1130 g/mol. The van der Waals surface area contributed by atoms with E-state index in [0.717, 1.165) is 13.8 Å². The Balaban J connectivity index is 1.38. The summed E-state index contributed by atoms with van der Waals surface area (Å²) in [7, 11) is 0. The number of ether oxygens (including phenoxy) is 9. The van der Waals surface area contributed by atoms with E-state index in [4.69, 9.17) is 52.4 Å². The lowest BCUT2D eigenvalue weighted by Gasteiger charge is -2.50. The van der Waals surface area contributed by atoms with Crippen LogP contribution in [0.25, 0.3) is 0 Å². The third-order valence-corrected chi connectivity index (χ3v) is 13.8. The van der Waals surface area contributed by atoms with Crippen LogP contribution in [0.1, 0.15) is 34.6 Å². The first-order valence-corrected chi connectivity index (χ1v) is 24.8. The molecule has 0 saturated carbocycles. The Labute approximate surface area is 439 Å². The normalized spacial score (nSPS) is 43.4. The number of aliphatic hydroxyl groups is 16. The maximum atomic E-state index is 12.6. The molecule has 33 nitrogen and oxygen atoms in total. The zero-order valence-electron chi connectivity index (χ0n) is 42.6. The molecular formula is C44H77N3O30. The summed E-state index contributed by atoms with van der Waals surface area (Å²) in [4.78, 5) is 47.3. The van der Waals surface area contributed by atoms with Crippen molar-refractivity contribution in [3.8, 4) is 0 Å². The highest BCUT2D eigenvalue weighted by atomic mass is 17.2. The molecule has 5 fully saturated rings. The first-order chi connectivity index (χ1) is 36.4. The van der Waals surface area contributed by atoms with Gasteiger partial charge in [-0.3, -0.25) is 14.4 Å². The van der Waals surface area contributed by atoms with Gasteiger partial charge in [-0.1, -0.05) is 6.92 Å². The summed E-state index contributed by atoms with van der Waals surface area (Å²) in [5.74, 6) is -3.02. The van der Waals surface area contributed by atoms with Gasteiger partial charge in [-0.25, -0.2) is 9.78 Å². The van der Waals surface area contributed by atoms with Gasteiger partial charge in [0.1, 0.15) is 135 Å². The van der Waals surface area contributed by atoms with Crippen molar-refractivity contribution in [1.82, 2.24) is 16.0 Å². The van der Waals surface area contributed by atoms with Crippen LogP contribution in [0.3, 0.4) is 0 Å². The van der Waals surface area contributed by atoms with Crippen molar-refractivity contribution in [2.45, 2.75) is 206 Å². The van der Waals surface area contributed by atoms with E-state index < -0.39 is 241 Å². The topological polar surface area (TPSA) is 513 Å². The largest absolute Gasteiger partial charge is 0.396 e. The predicted octanol–water partition coefficient (Wildman–Crippen LogP) is -11.8. The first-order valence-electron chi connectivity index (χ1n) is 24.8. The summed E-state index contributed by atoms with van der Waals surface area (Å²) in [6, 6.07) is -4.47. The van der Waals surface area contributed by atoms with Gasteiger partial charge in [0.15, 0.2) is 25.2 Å². The van der Waals surface area contributed by atoms with Crippen LogP contribution in [0.2, 0.25) is 0 Å². The lowest BCUT2D eigenvalue weighted by molar-refractivity contribution is -0.410. The fourth-order valence-electron chi connectivity index (χ4n) is 9.54. The predicted molar refractivity (Wildman–Crippen MR) is 244 cm³/mol. The van der Waals surface area contributed by atoms with Gasteiger partial charge in [0, 0.05) is 33.3 Å². The Bertz CT molecular complexity index is 1840. The molecule has 0 aromatic heterocycles. The van der Waals surface area contributed by atoms with Crippen LogP contribution >= 0.6 is 0 Å². The minimum absolute atomic E-state index is 0.543. The number of hydrogen-bond donors (Lipinski definition) is 19. The SMILES string of the molecule is CC(=O)N[C@H]1C(O)[C@H](OOC[C@@H](O)C(O)[C@@H](O)C(C)CO)C(CO)O[C@H]1OC1C(O)[C@H](O)[C@@H](CO)O[C@@H]1OC1[C@H](O)C(CO)O[C@@H](O[C@@H]2C(CO)O[C@@H](O[C@@H]3C(CO)O[C@@H](C)[C@@H](NC(C)=O)C3O)[C@@H](NC(C)=O)C2O)[C@@H]1O. The molecule has 5 rings (SSSR count). The van der Waals surface area contributed by atoms with Crippen LogP contribution in [-0.4, -0.2) is 317 Å². The van der Waals surface area contributed by atoms with E-state index in [1.54, 1.807) is 0 Å². The molecule has 12 unspecified atom stereocenters. The van der Waals surface area contributed by atoms with E-state index in [9.17, 15) is 96.1 Å². The lowest BCUT2D eigenvalue weighted by atomic mass is 9.92. The van der Waals surface area contributed by atoms with Gasteiger partial charge in [-0.05, 0) is 6.92 Å². The maximum absolute atomic E-state index is 12.6. The molecule has 3 amide bonds. The summed E-state index contributed by atoms with van der Waals surface area (Å²) in [5, 5.41) is 180. The molecular weight excluding hydrogens is 1050 g/mol. The van der Waals surface area contributed by atoms with Crippen LogP contribution in [0, 0.1) is 5.92 Å². The van der Waals surface area contributed by atoms with E-state index >= 15 is 0 Å². The second-order valence-corrected chi connectivity index (χ2v) is 19.5. The fraction of sp³-hybridized carbons (Fsp3) is 0.932. The Hall–Kier alpha value is -2.67. The van der Waals surface area contributed by atoms with Crippen molar-refractivity contribution >= 4 is 17.7 Å². The van der Waals surface area contributed by atoms with E-state index in [1.807, 2.05) is 0 Å². The summed E-state index contributed by atoms with van der Waals surface area (Å²) in [6.45, 7) is 0.0331. The van der Waals surface area contributed by atoms with Gasteiger partial charge in [-0.15, -0.1) is 0 Å². The standard InChI is InChI=1S/C44H77N3O30/c1-13(6-48)27(58)28(59)18(57)12-67-77-38-23(11-53)72-42(26(33(38)64)47-17(5)56)76-40-34(65)29(60)19(7-49)70-44(40)75-39-30(61)20(8-50)69-43(35(39)66)74-37-22(10-52)71-41(25(32(37)63)46-16(4)55)73-36-21(9-51)68-14(2)24(31(36)62)45-15(3)54/h13-14,18-44,48-53,57-66H,6-12H2,1-5H3,(H,45,54)(H,46,55)(H,47,56)/t13?,14-,18+,19+,20?,21?,22?,23?,24+,25-,26-,27-,28?,29+,30+,31?,32?,33?,34?,35+,36+,37+,38+,39?,40?,41-,42-,43-,44+/m0/s1. The Morgan fingerprint density at radius 3 is 1.36 bits per heavy atom. The summed E-state index contributed by atoms with van der Waals surface area (Å²) < 4.78 is 53.0. The monoisotopic (exact) mass is 1130 g/mol. The summed E-state index contributed by atoms with van der Waals surface area (Å²) in [6.07, 6.45) is -45.2. The van der Waals surface area contributed by atoms with E-state index in [2.05, 4.69) is 16.0 Å². The second kappa shape index (κ2) is 29.3. The van der Waals surface area contributed by atoms with E-state index in [0.29, 0.717) is 0 Å². The third-order valence-electron chi connectivity index (χ3n) is 13.8. The van der Waals surface area contributed by atoms with Crippen molar-refractivity contribution < 1.29 is 148 Å². The Morgan fingerprint density at radius 2 is 0.857 bits per heavy atom. The number of nitrogens with one attached hydrogen (secondary N) is 3. The summed E-state index contributed by atoms with van der Waals surface area (Å²) >= 11 is 0. The van der Waals surface area contributed by atoms with Crippen molar-refractivity contribution in [1.29, 1.82) is 0 Å². The third kappa shape index (κ3) is 15.5. The van der Waals surface area contributed by atoms with Crippen molar-refractivity contribution in [2.24, 2.45) is 5.92 Å². The highest BCUT2D eigenvalue weighted by Crippen LogP contribution is 2.36. The lowest BCUT2D eigenvalue weighted by Crippen LogP contribution is -2.70. The van der Waals surface area contributed by atoms with Gasteiger partial charge in [0.2, 0.25) is 17.7 Å². The van der Waals surface area contributed by atoms with Gasteiger partial charge >= 0.3 is 0 Å². The molecule has 77 heavy (non-hydrogen) atoms. The molecule has 0 radical (unpaired) electrons. The minimum Gasteiger partial charge on any atom is -0.396 e. The molecule has 33 heteroatoms. The highest BCUT2D eigenvalue weighted by molar-refractivity contribution is 5.74. The number of amides is 3. The number of rotatable bonds is 24. The maximum Gasteiger partial charge on any atom is 0.217 e. The van der Waals surface area contributed by atoms with Crippen LogP contribution in [0.4, 0.5) is 0 Å². The second-order valence-electron chi connectivity index (χ2n) is 19.5. The van der Waals surface area contributed by atoms with Gasteiger partial charge < -0.3 is 140 Å². The Kier molecular flexibility index (Phi) is 24.8. The van der Waals surface area contributed by atoms with Gasteiger partial charge in [0.05, 0.1) is 51.3 Å². The smallest absolute Gasteiger partial charge is 0.217 e. The zero-order valence-corrected chi connectivity index (χ0v) is 42.6. The molecule has 5 heterocycles. The number of hydrogen-bond acceptors (Lipinski definition) is 30. The number of aliphatic hydroxyl groups excluding tert-OH is 16. The van der Waals surface area contributed by atoms with Crippen molar-refractivity contribution in [3.05, 3.63) is 0 Å². The van der Waals surface area contributed by atoms with Crippen molar-refractivity contribution in [2.75, 3.05) is 46.2 Å². The van der Waals surface area contributed by atoms with Crippen LogP contribution in [0.5, 0.6) is 0 Å². The molecule has 5 saturated heterocycles. The quantitative estimate of drug-likeness (QED) is 0.0315. The molecule has 0 bridgehead atoms. The molecule has 0 aliphatic carbocycles. The van der Waals surface area contributed by atoms with Crippen LogP contribution in [-0.2, 0) is 66.8 Å². The van der Waals surface area contributed by atoms with E-state index in [-0.39, 0.29) is 0 Å². The molecule has 0 aromatic carbocycles. The molecule has 0 spiro atoms. The first kappa shape index (κ1) is 65.1. The summed E-state index contributed by atoms with van der Waals surface area (Å²) in [5.41, 5.74) is 0. The molecule has 29 atom stereocenters. The zero-order chi connectivity index (χ0) is 57.3. The van der Waals surface area contributed by atoms with E-state index in [1.165, 1.54) is 20.8 Å². The fourth-order valence-corrected chi connectivity index (χ4v) is 9.54. The molecule has 5 aliphatic heterocycles. The molecule has 0 aromatic rings. The Morgan fingerprint density at radius 1 is 0.455 bits per heavy atom. The van der Waals surface area contributed by atoms with Crippen LogP contribution in [0.15, 0.2) is 0 Å². The number of carbonyl (C=O) groups excluding carboxylic acids is 3.